The molecule has 0 bridgehead atoms. The Labute approximate surface area is 139 Å². The molecular weight excluding hydrogens is 307 g/mol. The molecule has 24 heavy (non-hydrogen) atoms. The third-order valence-electron chi connectivity index (χ3n) is 4.69. The Morgan fingerprint density at radius 3 is 2.75 bits per heavy atom. The summed E-state index contributed by atoms with van der Waals surface area (Å²) in [5.41, 5.74) is 3.83. The number of fused-ring (bicyclic) bond motifs is 2. The molecule has 1 aromatic heterocycles. The molecule has 122 valence electrons. The molecule has 0 aliphatic heterocycles. The second-order valence-electron chi connectivity index (χ2n) is 5.89. The van der Waals surface area contributed by atoms with Gasteiger partial charge in [0, 0.05) is 11.3 Å². The van der Waals surface area contributed by atoms with Crippen LogP contribution in [0.5, 0.6) is 11.5 Å². The van der Waals surface area contributed by atoms with E-state index in [2.05, 4.69) is 9.97 Å². The number of ether oxygens (including phenoxy) is 2. The molecule has 0 radical (unpaired) electrons. The zero-order valence-electron chi connectivity index (χ0n) is 13.5. The minimum Gasteiger partial charge on any atom is -0.493 e. The number of methoxy groups -OCH3 is 2. The summed E-state index contributed by atoms with van der Waals surface area (Å²) in [4.78, 5) is 8.89. The fourth-order valence-electron chi connectivity index (χ4n) is 3.60. The number of hydrogen-bond acceptors (Lipinski definition) is 4. The van der Waals surface area contributed by atoms with E-state index in [1.165, 1.54) is 18.0 Å². The number of halogens is 1. The number of benzene rings is 2. The Hall–Kier alpha value is -2.69. The van der Waals surface area contributed by atoms with Gasteiger partial charge in [-0.1, -0.05) is 6.07 Å². The normalized spacial score (nSPS) is 16.2. The minimum atomic E-state index is -0.210. The zero-order chi connectivity index (χ0) is 16.7. The molecule has 1 unspecified atom stereocenters. The molecule has 4 nitrogen and oxygen atoms in total. The Morgan fingerprint density at radius 2 is 1.96 bits per heavy atom. The van der Waals surface area contributed by atoms with Crippen LogP contribution in [0.25, 0.3) is 10.9 Å². The number of aryl methyl sites for hydroxylation is 1. The SMILES string of the molecule is COc1ccc2c(C3CCc4ccc(F)cc43)ncnc2c1OC. The highest BCUT2D eigenvalue weighted by atomic mass is 19.1. The van der Waals surface area contributed by atoms with Gasteiger partial charge in [0.1, 0.15) is 17.7 Å². The minimum absolute atomic E-state index is 0.0688. The molecule has 0 spiro atoms. The Bertz CT molecular complexity index is 927. The highest BCUT2D eigenvalue weighted by Crippen LogP contribution is 2.42. The van der Waals surface area contributed by atoms with Gasteiger partial charge in [-0.25, -0.2) is 14.4 Å². The van der Waals surface area contributed by atoms with Crippen molar-refractivity contribution in [2.75, 3.05) is 14.2 Å². The fourth-order valence-corrected chi connectivity index (χ4v) is 3.60. The first-order chi connectivity index (χ1) is 11.7. The average molecular weight is 324 g/mol. The van der Waals surface area contributed by atoms with Gasteiger partial charge < -0.3 is 9.47 Å². The largest absolute Gasteiger partial charge is 0.493 e. The fraction of sp³-hybridized carbons (Fsp3) is 0.263. The molecule has 1 heterocycles. The molecule has 1 aliphatic rings. The van der Waals surface area contributed by atoms with Gasteiger partial charge in [-0.2, -0.15) is 0 Å². The number of hydrogen-bond donors (Lipinski definition) is 0. The topological polar surface area (TPSA) is 44.2 Å². The van der Waals surface area contributed by atoms with E-state index in [1.807, 2.05) is 18.2 Å². The van der Waals surface area contributed by atoms with Crippen molar-refractivity contribution in [2.24, 2.45) is 0 Å². The maximum absolute atomic E-state index is 13.7. The number of nitrogens with zero attached hydrogens (tertiary/aromatic N) is 2. The summed E-state index contributed by atoms with van der Waals surface area (Å²) >= 11 is 0. The van der Waals surface area contributed by atoms with Crippen LogP contribution >= 0.6 is 0 Å². The standard InChI is InChI=1S/C19H17FN2O2/c1-23-16-8-7-14-17(21-10-22-18(14)19(16)24-2)13-6-4-11-3-5-12(20)9-15(11)13/h3,5,7-10,13H,4,6H2,1-2H3. The van der Waals surface area contributed by atoms with Crippen LogP contribution in [0, 0.1) is 5.82 Å². The predicted molar refractivity (Wildman–Crippen MR) is 89.2 cm³/mol. The molecule has 3 aromatic rings. The van der Waals surface area contributed by atoms with Crippen LogP contribution in [0.15, 0.2) is 36.7 Å². The van der Waals surface area contributed by atoms with E-state index < -0.39 is 0 Å². The Morgan fingerprint density at radius 1 is 1.08 bits per heavy atom. The summed E-state index contributed by atoms with van der Waals surface area (Å²) in [6.45, 7) is 0. The predicted octanol–water partition coefficient (Wildman–Crippen LogP) is 3.86. The van der Waals surface area contributed by atoms with E-state index in [4.69, 9.17) is 9.47 Å². The summed E-state index contributed by atoms with van der Waals surface area (Å²) in [7, 11) is 3.20. The van der Waals surface area contributed by atoms with Crippen molar-refractivity contribution >= 4 is 10.9 Å². The molecular formula is C19H17FN2O2. The van der Waals surface area contributed by atoms with Crippen LogP contribution < -0.4 is 9.47 Å². The van der Waals surface area contributed by atoms with E-state index in [1.54, 1.807) is 20.3 Å². The second kappa shape index (κ2) is 5.74. The van der Waals surface area contributed by atoms with Crippen molar-refractivity contribution in [1.82, 2.24) is 9.97 Å². The van der Waals surface area contributed by atoms with Crippen molar-refractivity contribution in [3.63, 3.8) is 0 Å². The maximum Gasteiger partial charge on any atom is 0.187 e. The monoisotopic (exact) mass is 324 g/mol. The lowest BCUT2D eigenvalue weighted by molar-refractivity contribution is 0.358. The third kappa shape index (κ3) is 2.19. The lowest BCUT2D eigenvalue weighted by Crippen LogP contribution is -2.03. The van der Waals surface area contributed by atoms with Crippen molar-refractivity contribution in [3.8, 4) is 11.5 Å². The lowest BCUT2D eigenvalue weighted by Gasteiger charge is -2.16. The van der Waals surface area contributed by atoms with Crippen molar-refractivity contribution < 1.29 is 13.9 Å². The molecule has 0 saturated carbocycles. The van der Waals surface area contributed by atoms with E-state index in [-0.39, 0.29) is 11.7 Å². The van der Waals surface area contributed by atoms with Crippen molar-refractivity contribution in [1.29, 1.82) is 0 Å². The van der Waals surface area contributed by atoms with Gasteiger partial charge in [0.05, 0.1) is 19.9 Å². The molecule has 1 atom stereocenters. The number of rotatable bonds is 3. The molecule has 0 saturated heterocycles. The molecule has 1 aliphatic carbocycles. The first-order valence-electron chi connectivity index (χ1n) is 7.87. The summed E-state index contributed by atoms with van der Waals surface area (Å²) < 4.78 is 24.5. The van der Waals surface area contributed by atoms with Crippen LogP contribution in [0.3, 0.4) is 0 Å². The summed E-state index contributed by atoms with van der Waals surface area (Å²) in [5, 5.41) is 0.914. The van der Waals surface area contributed by atoms with Gasteiger partial charge in [0.15, 0.2) is 11.5 Å². The first kappa shape index (κ1) is 14.9. The van der Waals surface area contributed by atoms with E-state index in [0.717, 1.165) is 29.5 Å². The molecule has 0 N–H and O–H groups in total. The molecule has 0 amide bonds. The Kier molecular flexibility index (Phi) is 3.56. The third-order valence-corrected chi connectivity index (χ3v) is 4.69. The molecule has 0 fully saturated rings. The van der Waals surface area contributed by atoms with E-state index >= 15 is 0 Å². The van der Waals surface area contributed by atoms with Crippen LogP contribution in [0.1, 0.15) is 29.2 Å². The molecule has 4 rings (SSSR count). The van der Waals surface area contributed by atoms with Crippen molar-refractivity contribution in [3.05, 3.63) is 59.3 Å². The molecule has 2 aromatic carbocycles. The van der Waals surface area contributed by atoms with Gasteiger partial charge in [-0.05, 0) is 48.2 Å². The van der Waals surface area contributed by atoms with Crippen LogP contribution in [0.4, 0.5) is 4.39 Å². The smallest absolute Gasteiger partial charge is 0.187 e. The van der Waals surface area contributed by atoms with Gasteiger partial charge in [-0.15, -0.1) is 0 Å². The van der Waals surface area contributed by atoms with Gasteiger partial charge in [0.25, 0.3) is 0 Å². The summed E-state index contributed by atoms with van der Waals surface area (Å²) in [5.74, 6) is 1.08. The van der Waals surface area contributed by atoms with Crippen LogP contribution in [0.2, 0.25) is 0 Å². The molecule has 5 heteroatoms. The highest BCUT2D eigenvalue weighted by Gasteiger charge is 2.28. The summed E-state index contributed by atoms with van der Waals surface area (Å²) in [6.07, 6.45) is 3.38. The maximum atomic E-state index is 13.7. The summed E-state index contributed by atoms with van der Waals surface area (Å²) in [6, 6.07) is 8.82. The number of aromatic nitrogens is 2. The highest BCUT2D eigenvalue weighted by molar-refractivity contribution is 5.89. The van der Waals surface area contributed by atoms with Crippen LogP contribution in [-0.4, -0.2) is 24.2 Å². The van der Waals surface area contributed by atoms with Crippen LogP contribution in [-0.2, 0) is 6.42 Å². The van der Waals surface area contributed by atoms with Crippen molar-refractivity contribution in [2.45, 2.75) is 18.8 Å². The zero-order valence-corrected chi connectivity index (χ0v) is 13.5. The van der Waals surface area contributed by atoms with Gasteiger partial charge in [0.2, 0.25) is 0 Å². The second-order valence-corrected chi connectivity index (χ2v) is 5.89. The van der Waals surface area contributed by atoms with E-state index in [0.29, 0.717) is 17.0 Å². The Balaban J connectivity index is 1.92. The first-order valence-corrected chi connectivity index (χ1v) is 7.87. The van der Waals surface area contributed by atoms with Gasteiger partial charge >= 0.3 is 0 Å². The van der Waals surface area contributed by atoms with Gasteiger partial charge in [-0.3, -0.25) is 0 Å². The lowest BCUT2D eigenvalue weighted by atomic mass is 9.94. The quantitative estimate of drug-likeness (QED) is 0.734. The average Bonchev–Trinajstić information content (AvgIpc) is 3.02. The van der Waals surface area contributed by atoms with E-state index in [9.17, 15) is 4.39 Å².